The molecule has 0 fully saturated rings. The Morgan fingerprint density at radius 3 is 2.82 bits per heavy atom. The molecule has 0 radical (unpaired) electrons. The zero-order valence-electron chi connectivity index (χ0n) is 6.62. The molecule has 11 heavy (non-hydrogen) atoms. The van der Waals surface area contributed by atoms with Gasteiger partial charge in [0, 0.05) is 12.2 Å². The molecule has 0 bridgehead atoms. The highest BCUT2D eigenvalue weighted by Crippen LogP contribution is 2.05. The highest BCUT2D eigenvalue weighted by molar-refractivity contribution is 5.13. The van der Waals surface area contributed by atoms with Crippen LogP contribution in [-0.4, -0.2) is 11.5 Å². The maximum atomic E-state index is 5.68. The van der Waals surface area contributed by atoms with Gasteiger partial charge < -0.3 is 11.5 Å². The van der Waals surface area contributed by atoms with Gasteiger partial charge in [-0.1, -0.05) is 6.07 Å². The summed E-state index contributed by atoms with van der Waals surface area (Å²) in [6, 6.07) is 5.64. The normalized spacial score (nSPS) is 13.0. The van der Waals surface area contributed by atoms with Crippen LogP contribution in [-0.2, 0) is 0 Å². The fourth-order valence-corrected chi connectivity index (χ4v) is 0.891. The van der Waals surface area contributed by atoms with Crippen molar-refractivity contribution in [2.24, 2.45) is 11.5 Å². The van der Waals surface area contributed by atoms with Crippen LogP contribution in [0.1, 0.15) is 17.4 Å². The lowest BCUT2D eigenvalue weighted by atomic mass is 10.2. The van der Waals surface area contributed by atoms with Gasteiger partial charge in [0.2, 0.25) is 0 Å². The fraction of sp³-hybridized carbons (Fsp3) is 0.375. The lowest BCUT2D eigenvalue weighted by Gasteiger charge is -2.07. The topological polar surface area (TPSA) is 64.9 Å². The summed E-state index contributed by atoms with van der Waals surface area (Å²) < 4.78 is 0. The molecular formula is C8H13N3. The summed E-state index contributed by atoms with van der Waals surface area (Å²) in [6.07, 6.45) is 0. The first kappa shape index (κ1) is 8.17. The van der Waals surface area contributed by atoms with E-state index in [2.05, 4.69) is 4.98 Å². The van der Waals surface area contributed by atoms with Crippen LogP contribution in [0.15, 0.2) is 18.2 Å². The van der Waals surface area contributed by atoms with Crippen molar-refractivity contribution < 1.29 is 0 Å². The molecular weight excluding hydrogens is 138 g/mol. The van der Waals surface area contributed by atoms with Crippen LogP contribution in [0.2, 0.25) is 0 Å². The maximum absolute atomic E-state index is 5.68. The van der Waals surface area contributed by atoms with Gasteiger partial charge in [0.25, 0.3) is 0 Å². The Morgan fingerprint density at radius 1 is 1.55 bits per heavy atom. The summed E-state index contributed by atoms with van der Waals surface area (Å²) >= 11 is 0. The van der Waals surface area contributed by atoms with E-state index in [4.69, 9.17) is 11.5 Å². The summed E-state index contributed by atoms with van der Waals surface area (Å²) in [5.41, 5.74) is 12.9. The second-order valence-corrected chi connectivity index (χ2v) is 2.55. The van der Waals surface area contributed by atoms with Crippen LogP contribution in [0.5, 0.6) is 0 Å². The predicted octanol–water partition coefficient (Wildman–Crippen LogP) is 0.349. The molecule has 0 saturated heterocycles. The molecule has 3 heteroatoms. The van der Waals surface area contributed by atoms with Crippen molar-refractivity contribution in [2.75, 3.05) is 6.54 Å². The SMILES string of the molecule is Cc1cccc([C@H](N)CN)n1. The second kappa shape index (κ2) is 3.46. The van der Waals surface area contributed by atoms with Crippen LogP contribution in [0.4, 0.5) is 0 Å². The van der Waals surface area contributed by atoms with Crippen LogP contribution < -0.4 is 11.5 Å². The van der Waals surface area contributed by atoms with Crippen molar-refractivity contribution in [3.8, 4) is 0 Å². The van der Waals surface area contributed by atoms with Gasteiger partial charge in [-0.05, 0) is 19.1 Å². The van der Waals surface area contributed by atoms with Gasteiger partial charge in [0.1, 0.15) is 0 Å². The molecule has 0 saturated carbocycles. The molecule has 1 aromatic heterocycles. The Kier molecular flexibility index (Phi) is 2.57. The minimum Gasteiger partial charge on any atom is -0.329 e. The Hall–Kier alpha value is -0.930. The summed E-state index contributed by atoms with van der Waals surface area (Å²) in [5.74, 6) is 0. The van der Waals surface area contributed by atoms with Crippen LogP contribution in [0.25, 0.3) is 0 Å². The molecule has 0 aliphatic rings. The average Bonchev–Trinajstić information content (AvgIpc) is 2.03. The van der Waals surface area contributed by atoms with E-state index in [1.165, 1.54) is 0 Å². The number of rotatable bonds is 2. The van der Waals surface area contributed by atoms with Crippen molar-refractivity contribution in [3.63, 3.8) is 0 Å². The smallest absolute Gasteiger partial charge is 0.0594 e. The number of hydrogen-bond acceptors (Lipinski definition) is 3. The minimum absolute atomic E-state index is 0.130. The van der Waals surface area contributed by atoms with Crippen molar-refractivity contribution in [3.05, 3.63) is 29.6 Å². The zero-order chi connectivity index (χ0) is 8.27. The van der Waals surface area contributed by atoms with Gasteiger partial charge in [-0.3, -0.25) is 4.98 Å². The molecule has 0 aliphatic carbocycles. The van der Waals surface area contributed by atoms with Crippen molar-refractivity contribution in [1.29, 1.82) is 0 Å². The van der Waals surface area contributed by atoms with Gasteiger partial charge in [0.15, 0.2) is 0 Å². The van der Waals surface area contributed by atoms with Gasteiger partial charge in [-0.15, -0.1) is 0 Å². The molecule has 0 aromatic carbocycles. The largest absolute Gasteiger partial charge is 0.329 e. The van der Waals surface area contributed by atoms with Crippen molar-refractivity contribution in [1.82, 2.24) is 4.98 Å². The highest BCUT2D eigenvalue weighted by atomic mass is 14.8. The van der Waals surface area contributed by atoms with Crippen LogP contribution >= 0.6 is 0 Å². The third-order valence-electron chi connectivity index (χ3n) is 1.54. The van der Waals surface area contributed by atoms with Crippen molar-refractivity contribution in [2.45, 2.75) is 13.0 Å². The molecule has 1 atom stereocenters. The number of nitrogens with two attached hydrogens (primary N) is 2. The Labute approximate surface area is 66.4 Å². The Morgan fingerprint density at radius 2 is 2.27 bits per heavy atom. The average molecular weight is 151 g/mol. The van der Waals surface area contributed by atoms with Gasteiger partial charge in [-0.25, -0.2) is 0 Å². The summed E-state index contributed by atoms with van der Waals surface area (Å²) in [5, 5.41) is 0. The molecule has 3 nitrogen and oxygen atoms in total. The number of nitrogens with zero attached hydrogens (tertiary/aromatic N) is 1. The molecule has 0 unspecified atom stereocenters. The monoisotopic (exact) mass is 151 g/mol. The number of aryl methyl sites for hydroxylation is 1. The number of pyridine rings is 1. The lowest BCUT2D eigenvalue weighted by Crippen LogP contribution is -2.21. The molecule has 1 aromatic rings. The molecule has 1 heterocycles. The minimum atomic E-state index is -0.130. The first-order valence-electron chi connectivity index (χ1n) is 3.63. The van der Waals surface area contributed by atoms with Gasteiger partial charge >= 0.3 is 0 Å². The molecule has 0 amide bonds. The highest BCUT2D eigenvalue weighted by Gasteiger charge is 2.03. The van der Waals surface area contributed by atoms with E-state index in [0.29, 0.717) is 6.54 Å². The predicted molar refractivity (Wildman–Crippen MR) is 45.0 cm³/mol. The molecule has 1 rings (SSSR count). The lowest BCUT2D eigenvalue weighted by molar-refractivity contribution is 0.708. The quantitative estimate of drug-likeness (QED) is 0.641. The van der Waals surface area contributed by atoms with Crippen molar-refractivity contribution >= 4 is 0 Å². The maximum Gasteiger partial charge on any atom is 0.0594 e. The zero-order valence-corrected chi connectivity index (χ0v) is 6.62. The summed E-state index contributed by atoms with van der Waals surface area (Å²) in [4.78, 5) is 4.24. The molecule has 0 aliphatic heterocycles. The number of hydrogen-bond donors (Lipinski definition) is 2. The van der Waals surface area contributed by atoms with E-state index in [0.717, 1.165) is 11.4 Å². The standard InChI is InChI=1S/C8H13N3/c1-6-3-2-4-8(11-6)7(10)5-9/h2-4,7H,5,9-10H2,1H3/t7-/m1/s1. The van der Waals surface area contributed by atoms with E-state index in [1.807, 2.05) is 25.1 Å². The van der Waals surface area contributed by atoms with Gasteiger partial charge in [0.05, 0.1) is 11.7 Å². The summed E-state index contributed by atoms with van der Waals surface area (Å²) in [6.45, 7) is 2.38. The second-order valence-electron chi connectivity index (χ2n) is 2.55. The first-order valence-corrected chi connectivity index (χ1v) is 3.63. The summed E-state index contributed by atoms with van der Waals surface area (Å²) in [7, 11) is 0. The van der Waals surface area contributed by atoms with E-state index in [-0.39, 0.29) is 6.04 Å². The van der Waals surface area contributed by atoms with E-state index < -0.39 is 0 Å². The van der Waals surface area contributed by atoms with E-state index in [9.17, 15) is 0 Å². The van der Waals surface area contributed by atoms with Crippen LogP contribution in [0.3, 0.4) is 0 Å². The third kappa shape index (κ3) is 2.00. The van der Waals surface area contributed by atoms with Crippen LogP contribution in [0, 0.1) is 6.92 Å². The fourth-order valence-electron chi connectivity index (χ4n) is 0.891. The Balaban J connectivity index is 2.86. The molecule has 4 N–H and O–H groups in total. The Bertz CT molecular complexity index is 235. The molecule has 0 spiro atoms. The van der Waals surface area contributed by atoms with E-state index in [1.54, 1.807) is 0 Å². The number of aromatic nitrogens is 1. The third-order valence-corrected chi connectivity index (χ3v) is 1.54. The first-order chi connectivity index (χ1) is 5.24. The van der Waals surface area contributed by atoms with Gasteiger partial charge in [-0.2, -0.15) is 0 Å². The van der Waals surface area contributed by atoms with E-state index >= 15 is 0 Å². The molecule has 60 valence electrons.